The zero-order valence-corrected chi connectivity index (χ0v) is 43.7. The first kappa shape index (κ1) is 50.1. The number of pyridine rings is 2. The number of imide groups is 1. The van der Waals surface area contributed by atoms with E-state index in [0.29, 0.717) is 120 Å². The lowest BCUT2D eigenvalue weighted by molar-refractivity contribution is -0.144. The molecule has 17 heteroatoms. The molecule has 2 N–H and O–H groups in total. The lowest BCUT2D eigenvalue weighted by atomic mass is 9.72. The van der Waals surface area contributed by atoms with E-state index in [1.165, 1.54) is 25.3 Å². The molecule has 4 saturated heterocycles. The number of nitrogens with zero attached hydrogens (tertiary/aromatic N) is 8. The Kier molecular flexibility index (Phi) is 13.6. The number of carbonyl (C=O) groups is 5. The van der Waals surface area contributed by atoms with Crippen molar-refractivity contribution in [2.24, 2.45) is 11.8 Å². The van der Waals surface area contributed by atoms with E-state index in [1.54, 1.807) is 36.8 Å². The summed E-state index contributed by atoms with van der Waals surface area (Å²) in [5, 5.41) is 5.68. The summed E-state index contributed by atoms with van der Waals surface area (Å²) in [5.74, 6) is -0.154. The zero-order valence-electron chi connectivity index (χ0n) is 43.7. The maximum absolute atomic E-state index is 15.3. The topological polar surface area (TPSA) is 175 Å². The Bertz CT molecular complexity index is 3030. The van der Waals surface area contributed by atoms with E-state index in [9.17, 15) is 19.2 Å². The fourth-order valence-corrected chi connectivity index (χ4v) is 13.6. The number of halogens is 1. The van der Waals surface area contributed by atoms with Crippen molar-refractivity contribution in [3.63, 3.8) is 0 Å². The fourth-order valence-electron chi connectivity index (χ4n) is 13.6. The number of likely N-dealkylation sites (tertiary alicyclic amines) is 3. The van der Waals surface area contributed by atoms with Gasteiger partial charge in [-0.2, -0.15) is 0 Å². The number of carbonyl (C=O) groups excluding carboxylic acids is 5. The van der Waals surface area contributed by atoms with Gasteiger partial charge in [0, 0.05) is 98.9 Å². The van der Waals surface area contributed by atoms with Crippen molar-refractivity contribution in [3.05, 3.63) is 90.1 Å². The number of nitrogens with one attached hydrogen (secondary N) is 2. The average Bonchev–Trinajstić information content (AvgIpc) is 4.00. The molecule has 8 heterocycles. The van der Waals surface area contributed by atoms with Gasteiger partial charge in [0.05, 0.1) is 34.6 Å². The second-order valence-electron chi connectivity index (χ2n) is 22.9. The molecule has 1 spiro atoms. The number of hydrogen-bond acceptors (Lipinski definition) is 11. The summed E-state index contributed by atoms with van der Waals surface area (Å²) < 4.78 is 23.3. The van der Waals surface area contributed by atoms with Crippen LogP contribution < -0.4 is 20.3 Å². The van der Waals surface area contributed by atoms with E-state index in [-0.39, 0.29) is 65.4 Å². The quantitative estimate of drug-likeness (QED) is 0.121. The average molecular weight is 1030 g/mol. The van der Waals surface area contributed by atoms with Crippen molar-refractivity contribution < 1.29 is 33.1 Å². The summed E-state index contributed by atoms with van der Waals surface area (Å²) in [6, 6.07) is 19.1. The fraction of sp³-hybridized carbons (Fsp3) is 0.525. The molecule has 76 heavy (non-hydrogen) atoms. The smallest absolute Gasteiger partial charge is 0.238 e. The predicted molar refractivity (Wildman–Crippen MR) is 285 cm³/mol. The molecular weight excluding hydrogens is 964 g/mol. The first-order valence-corrected chi connectivity index (χ1v) is 28.1. The molecule has 5 aliphatic heterocycles. The molecule has 2 aliphatic carbocycles. The number of hydrogen-bond donors (Lipinski definition) is 2. The maximum atomic E-state index is 15.3. The highest BCUT2D eigenvalue weighted by Crippen LogP contribution is 2.52. The van der Waals surface area contributed by atoms with Gasteiger partial charge in [0.15, 0.2) is 5.82 Å². The van der Waals surface area contributed by atoms with Crippen LogP contribution in [0.3, 0.4) is 0 Å². The van der Waals surface area contributed by atoms with Gasteiger partial charge in [0.25, 0.3) is 0 Å². The number of benzene rings is 2. The monoisotopic (exact) mass is 1030 g/mol. The second-order valence-corrected chi connectivity index (χ2v) is 22.9. The van der Waals surface area contributed by atoms with Gasteiger partial charge in [-0.1, -0.05) is 36.8 Å². The minimum Gasteiger partial charge on any atom is -0.474 e. The largest absolute Gasteiger partial charge is 0.474 e. The third kappa shape index (κ3) is 9.39. The number of imidazole rings is 1. The summed E-state index contributed by atoms with van der Waals surface area (Å²) in [6.07, 6.45) is 14.9. The maximum Gasteiger partial charge on any atom is 0.238 e. The summed E-state index contributed by atoms with van der Waals surface area (Å²) in [4.78, 5) is 90.4. The van der Waals surface area contributed by atoms with E-state index < -0.39 is 11.3 Å². The number of amides is 5. The summed E-state index contributed by atoms with van der Waals surface area (Å²) >= 11 is 0. The minimum absolute atomic E-state index is 0.0795. The van der Waals surface area contributed by atoms with Crippen LogP contribution in [0.5, 0.6) is 5.88 Å². The second kappa shape index (κ2) is 20.7. The van der Waals surface area contributed by atoms with Gasteiger partial charge < -0.3 is 34.2 Å². The van der Waals surface area contributed by atoms with Crippen molar-refractivity contribution in [2.75, 3.05) is 49.5 Å². The van der Waals surface area contributed by atoms with E-state index in [0.717, 1.165) is 59.3 Å². The predicted octanol–water partition coefficient (Wildman–Crippen LogP) is 8.58. The normalized spacial score (nSPS) is 25.2. The van der Waals surface area contributed by atoms with Crippen LogP contribution in [-0.2, 0) is 29.4 Å². The molecule has 0 bridgehead atoms. The van der Waals surface area contributed by atoms with Crippen molar-refractivity contribution in [2.45, 2.75) is 146 Å². The molecule has 2 aromatic carbocycles. The molecular formula is C59H69FN10O6. The van der Waals surface area contributed by atoms with Crippen LogP contribution in [-0.4, -0.2) is 121 Å². The number of para-hydroxylation sites is 1. The lowest BCUT2D eigenvalue weighted by Gasteiger charge is -2.48. The number of rotatable bonds is 11. The van der Waals surface area contributed by atoms with E-state index in [1.807, 2.05) is 26.5 Å². The molecule has 398 valence electrons. The molecule has 12 rings (SSSR count). The van der Waals surface area contributed by atoms with Gasteiger partial charge in [-0.15, -0.1) is 0 Å². The van der Waals surface area contributed by atoms with E-state index in [2.05, 4.69) is 57.5 Å². The van der Waals surface area contributed by atoms with Gasteiger partial charge in [-0.25, -0.2) is 19.3 Å². The van der Waals surface area contributed by atoms with Gasteiger partial charge in [0.1, 0.15) is 17.4 Å². The van der Waals surface area contributed by atoms with Crippen LogP contribution in [0, 0.1) is 17.7 Å². The first-order chi connectivity index (χ1) is 36.9. The Morgan fingerprint density at radius 2 is 1.50 bits per heavy atom. The zero-order chi connectivity index (χ0) is 52.2. The van der Waals surface area contributed by atoms with Gasteiger partial charge >= 0.3 is 0 Å². The van der Waals surface area contributed by atoms with Crippen LogP contribution in [0.15, 0.2) is 73.2 Å². The Morgan fingerprint density at radius 3 is 2.17 bits per heavy atom. The number of fused-ring (bicyclic) bond motifs is 3. The standard InChI is InChI=1S/C59H69FN10O6/c1-36(2)69-35-62-49-33-48(64-54(53(49)69)63-47-9-5-4-8-46(47)60)39-14-17-45-50(30-39)70(42-31-41(32-42)66-24-6-3-7-25-66)58(75)59(45)22-28-68(29-23-59)57(74)38-12-10-37(11-13-38)56(73)67-26-20-43(21-27-67)76-52-19-15-40(34-61-52)44-16-18-51(71)65-55(44)72/h4-5,8-9,14-15,17,19,30,33-38,41-44H,3,6-7,10-13,16,18,20-29,31-32H2,1-2H3,(H,63,64)(H,65,71,72). The van der Waals surface area contributed by atoms with Crippen LogP contribution in [0.1, 0.15) is 133 Å². The van der Waals surface area contributed by atoms with Crippen LogP contribution >= 0.6 is 0 Å². The molecule has 6 fully saturated rings. The molecule has 1 unspecified atom stereocenters. The number of piperidine rings is 4. The molecule has 1 atom stereocenters. The summed E-state index contributed by atoms with van der Waals surface area (Å²) in [5.41, 5.74) is 5.33. The molecule has 5 amide bonds. The number of aromatic nitrogens is 4. The van der Waals surface area contributed by atoms with Gasteiger partial charge in [0.2, 0.25) is 35.4 Å². The molecule has 3 aromatic heterocycles. The Hall–Kier alpha value is -6.75. The van der Waals surface area contributed by atoms with E-state index in [4.69, 9.17) is 14.7 Å². The van der Waals surface area contributed by atoms with Crippen LogP contribution in [0.4, 0.5) is 21.6 Å². The number of anilines is 3. The Labute approximate surface area is 443 Å². The third-order valence-corrected chi connectivity index (χ3v) is 18.1. The molecule has 16 nitrogen and oxygen atoms in total. The SMILES string of the molecule is CC(C)n1cnc2cc(-c3ccc4c(c3)N(C3CC(N5CCCCC5)C3)C(=O)C43CCN(C(=O)C4CCC(C(=O)N5CCC(Oc6ccc(C7CCC(=O)NC7=O)cn6)CC5)CC4)CC3)nc(Nc3ccccc3F)c21. The Morgan fingerprint density at radius 1 is 0.789 bits per heavy atom. The van der Waals surface area contributed by atoms with Gasteiger partial charge in [-0.05, 0) is 133 Å². The Balaban J connectivity index is 0.699. The van der Waals surface area contributed by atoms with Crippen molar-refractivity contribution in [1.82, 2.24) is 39.5 Å². The summed E-state index contributed by atoms with van der Waals surface area (Å²) in [7, 11) is 0. The van der Waals surface area contributed by atoms with Crippen LogP contribution in [0.2, 0.25) is 0 Å². The minimum atomic E-state index is -0.743. The van der Waals surface area contributed by atoms with Crippen LogP contribution in [0.25, 0.3) is 22.3 Å². The van der Waals surface area contributed by atoms with Gasteiger partial charge in [-0.3, -0.25) is 29.3 Å². The third-order valence-electron chi connectivity index (χ3n) is 18.1. The molecule has 5 aromatic rings. The molecule has 0 radical (unpaired) electrons. The highest BCUT2D eigenvalue weighted by atomic mass is 19.1. The van der Waals surface area contributed by atoms with Crippen molar-refractivity contribution >= 4 is 57.8 Å². The molecule has 2 saturated carbocycles. The number of ether oxygens (including phenoxy) is 1. The first-order valence-electron chi connectivity index (χ1n) is 28.1. The molecule has 7 aliphatic rings. The summed E-state index contributed by atoms with van der Waals surface area (Å²) in [6.45, 7) is 8.58. The van der Waals surface area contributed by atoms with Crippen molar-refractivity contribution in [1.29, 1.82) is 0 Å². The van der Waals surface area contributed by atoms with E-state index >= 15 is 9.18 Å². The van der Waals surface area contributed by atoms with Crippen molar-refractivity contribution in [3.8, 4) is 17.1 Å². The highest BCUT2D eigenvalue weighted by Gasteiger charge is 2.56. The lowest BCUT2D eigenvalue weighted by Crippen LogP contribution is -2.58. The highest BCUT2D eigenvalue weighted by molar-refractivity contribution is 6.09.